The smallest absolute Gasteiger partial charge is 0.251 e. The predicted molar refractivity (Wildman–Crippen MR) is 109 cm³/mol. The van der Waals surface area contributed by atoms with Crippen LogP contribution >= 0.6 is 0 Å². The van der Waals surface area contributed by atoms with Crippen LogP contribution in [0.1, 0.15) is 52.1 Å². The first-order valence-electron chi connectivity index (χ1n) is 9.46. The van der Waals surface area contributed by atoms with Gasteiger partial charge in [-0.3, -0.25) is 9.48 Å². The topological polar surface area (TPSA) is 46.9 Å². The van der Waals surface area contributed by atoms with Gasteiger partial charge in [-0.2, -0.15) is 5.10 Å². The van der Waals surface area contributed by atoms with Crippen LogP contribution in [0.5, 0.6) is 0 Å². The van der Waals surface area contributed by atoms with Crippen LogP contribution in [0.2, 0.25) is 0 Å². The lowest BCUT2D eigenvalue weighted by Crippen LogP contribution is -2.25. The number of carbonyl (C=O) groups excluding carboxylic acids is 1. The van der Waals surface area contributed by atoms with Gasteiger partial charge in [-0.25, -0.2) is 0 Å². The van der Waals surface area contributed by atoms with Crippen molar-refractivity contribution in [2.24, 2.45) is 0 Å². The van der Waals surface area contributed by atoms with Crippen LogP contribution in [0.25, 0.3) is 0 Å². The second-order valence-electron chi connectivity index (χ2n) is 7.14. The van der Waals surface area contributed by atoms with Gasteiger partial charge in [0, 0.05) is 17.8 Å². The van der Waals surface area contributed by atoms with Crippen LogP contribution in [-0.2, 0) is 6.54 Å². The van der Waals surface area contributed by atoms with E-state index in [2.05, 4.69) is 54.6 Å². The molecule has 140 valence electrons. The van der Waals surface area contributed by atoms with E-state index >= 15 is 0 Å². The Balaban J connectivity index is 1.51. The summed E-state index contributed by atoms with van der Waals surface area (Å²) in [5, 5.41) is 7.51. The molecule has 0 radical (unpaired) electrons. The van der Waals surface area contributed by atoms with E-state index < -0.39 is 0 Å². The van der Waals surface area contributed by atoms with Crippen molar-refractivity contribution in [1.29, 1.82) is 0 Å². The zero-order valence-corrected chi connectivity index (χ0v) is 16.3. The summed E-state index contributed by atoms with van der Waals surface area (Å²) in [5.41, 5.74) is 5.30. The van der Waals surface area contributed by atoms with Gasteiger partial charge >= 0.3 is 0 Å². The van der Waals surface area contributed by atoms with E-state index in [1.807, 2.05) is 41.9 Å². The Morgan fingerprint density at radius 3 is 2.41 bits per heavy atom. The molecule has 1 aromatic heterocycles. The molecule has 2 aromatic carbocycles. The average molecular weight is 361 g/mol. The summed E-state index contributed by atoms with van der Waals surface area (Å²) >= 11 is 0. The fourth-order valence-electron chi connectivity index (χ4n) is 3.22. The molecule has 0 unspecified atom stereocenters. The molecule has 0 aliphatic rings. The highest BCUT2D eigenvalue weighted by molar-refractivity contribution is 5.94. The van der Waals surface area contributed by atoms with E-state index in [0.717, 1.165) is 29.9 Å². The Morgan fingerprint density at radius 1 is 1.07 bits per heavy atom. The number of benzene rings is 2. The summed E-state index contributed by atoms with van der Waals surface area (Å²) in [7, 11) is 0. The zero-order chi connectivity index (χ0) is 19.2. The summed E-state index contributed by atoms with van der Waals surface area (Å²) in [4.78, 5) is 12.4. The molecule has 0 spiro atoms. The van der Waals surface area contributed by atoms with Gasteiger partial charge < -0.3 is 5.32 Å². The molecular weight excluding hydrogens is 334 g/mol. The molecule has 1 amide bonds. The van der Waals surface area contributed by atoms with Crippen LogP contribution in [0.15, 0.2) is 60.7 Å². The van der Waals surface area contributed by atoms with Crippen molar-refractivity contribution in [2.45, 2.75) is 39.7 Å². The van der Waals surface area contributed by atoms with E-state index in [9.17, 15) is 4.79 Å². The van der Waals surface area contributed by atoms with Crippen molar-refractivity contribution < 1.29 is 4.79 Å². The van der Waals surface area contributed by atoms with Crippen molar-refractivity contribution in [3.05, 3.63) is 88.7 Å². The summed E-state index contributed by atoms with van der Waals surface area (Å²) in [6.45, 7) is 7.63. The molecule has 0 aliphatic heterocycles. The van der Waals surface area contributed by atoms with Gasteiger partial charge in [-0.05, 0) is 55.5 Å². The first kappa shape index (κ1) is 18.9. The van der Waals surface area contributed by atoms with Gasteiger partial charge in [-0.15, -0.1) is 0 Å². The Labute approximate surface area is 161 Å². The van der Waals surface area contributed by atoms with E-state index in [1.54, 1.807) is 0 Å². The standard InChI is InChI=1S/C23H27N3O/c1-17(21-7-5-4-6-8-21)13-14-24-23(27)22-11-9-20(10-12-22)16-26-19(3)15-18(2)25-26/h4-12,15,17H,13-14,16H2,1-3H3,(H,24,27)/t17-/m1/s1. The second-order valence-corrected chi connectivity index (χ2v) is 7.14. The normalized spacial score (nSPS) is 12.0. The molecule has 1 atom stereocenters. The molecule has 0 saturated carbocycles. The summed E-state index contributed by atoms with van der Waals surface area (Å²) < 4.78 is 1.98. The van der Waals surface area contributed by atoms with Crippen LogP contribution in [0.3, 0.4) is 0 Å². The number of hydrogen-bond acceptors (Lipinski definition) is 2. The molecule has 4 heteroatoms. The van der Waals surface area contributed by atoms with Crippen molar-refractivity contribution in [3.8, 4) is 0 Å². The number of aromatic nitrogens is 2. The number of rotatable bonds is 7. The largest absolute Gasteiger partial charge is 0.352 e. The van der Waals surface area contributed by atoms with Gasteiger partial charge in [0.25, 0.3) is 5.91 Å². The van der Waals surface area contributed by atoms with Crippen molar-refractivity contribution in [1.82, 2.24) is 15.1 Å². The molecule has 0 aliphatic carbocycles. The Bertz CT molecular complexity index is 882. The highest BCUT2D eigenvalue weighted by atomic mass is 16.1. The minimum Gasteiger partial charge on any atom is -0.352 e. The highest BCUT2D eigenvalue weighted by Gasteiger charge is 2.09. The SMILES string of the molecule is Cc1cc(C)n(Cc2ccc(C(=O)NCC[C@@H](C)c3ccccc3)cc2)n1. The Hall–Kier alpha value is -2.88. The molecule has 1 N–H and O–H groups in total. The maximum absolute atomic E-state index is 12.4. The maximum atomic E-state index is 12.4. The third-order valence-electron chi connectivity index (χ3n) is 4.88. The molecule has 27 heavy (non-hydrogen) atoms. The van der Waals surface area contributed by atoms with Crippen molar-refractivity contribution in [2.75, 3.05) is 6.54 Å². The highest BCUT2D eigenvalue weighted by Crippen LogP contribution is 2.17. The van der Waals surface area contributed by atoms with Crippen molar-refractivity contribution in [3.63, 3.8) is 0 Å². The van der Waals surface area contributed by atoms with E-state index in [-0.39, 0.29) is 5.91 Å². The molecule has 0 bridgehead atoms. The quantitative estimate of drug-likeness (QED) is 0.675. The minimum atomic E-state index is -0.0204. The number of amides is 1. The second kappa shape index (κ2) is 8.67. The monoisotopic (exact) mass is 361 g/mol. The van der Waals surface area contributed by atoms with Crippen LogP contribution in [0.4, 0.5) is 0 Å². The molecule has 0 fully saturated rings. The van der Waals surface area contributed by atoms with Crippen LogP contribution < -0.4 is 5.32 Å². The summed E-state index contributed by atoms with van der Waals surface area (Å²) in [6, 6.07) is 20.2. The minimum absolute atomic E-state index is 0.0204. The van der Waals surface area contributed by atoms with Gasteiger partial charge in [0.2, 0.25) is 0 Å². The third-order valence-corrected chi connectivity index (χ3v) is 4.88. The fraction of sp³-hybridized carbons (Fsp3) is 0.304. The molecular formula is C23H27N3O. The van der Waals surface area contributed by atoms with Gasteiger partial charge in [0.1, 0.15) is 0 Å². The number of nitrogens with one attached hydrogen (secondary N) is 1. The average Bonchev–Trinajstić information content (AvgIpc) is 2.99. The van der Waals surface area contributed by atoms with Crippen LogP contribution in [-0.4, -0.2) is 22.2 Å². The first-order chi connectivity index (χ1) is 13.0. The fourth-order valence-corrected chi connectivity index (χ4v) is 3.22. The molecule has 0 saturated heterocycles. The molecule has 4 nitrogen and oxygen atoms in total. The van der Waals surface area contributed by atoms with Gasteiger partial charge in [0.05, 0.1) is 12.2 Å². The van der Waals surface area contributed by atoms with Gasteiger partial charge in [-0.1, -0.05) is 49.4 Å². The lowest BCUT2D eigenvalue weighted by Gasteiger charge is -2.12. The zero-order valence-electron chi connectivity index (χ0n) is 16.3. The van der Waals surface area contributed by atoms with E-state index in [4.69, 9.17) is 0 Å². The predicted octanol–water partition coefficient (Wildman–Crippen LogP) is 4.47. The van der Waals surface area contributed by atoms with E-state index in [0.29, 0.717) is 18.0 Å². The summed E-state index contributed by atoms with van der Waals surface area (Å²) in [5.74, 6) is 0.405. The molecule has 1 heterocycles. The lowest BCUT2D eigenvalue weighted by molar-refractivity contribution is 0.0952. The first-order valence-corrected chi connectivity index (χ1v) is 9.46. The lowest BCUT2D eigenvalue weighted by atomic mass is 9.98. The van der Waals surface area contributed by atoms with Gasteiger partial charge in [0.15, 0.2) is 0 Å². The molecule has 3 aromatic rings. The molecule has 3 rings (SSSR count). The van der Waals surface area contributed by atoms with Crippen molar-refractivity contribution >= 4 is 5.91 Å². The maximum Gasteiger partial charge on any atom is 0.251 e. The number of aryl methyl sites for hydroxylation is 2. The Morgan fingerprint density at radius 2 is 1.78 bits per heavy atom. The number of hydrogen-bond donors (Lipinski definition) is 1. The number of carbonyl (C=O) groups is 1. The summed E-state index contributed by atoms with van der Waals surface area (Å²) in [6.07, 6.45) is 0.922. The Kier molecular flexibility index (Phi) is 6.07. The number of nitrogens with zero attached hydrogens (tertiary/aromatic N) is 2. The van der Waals surface area contributed by atoms with Crippen LogP contribution in [0, 0.1) is 13.8 Å². The third kappa shape index (κ3) is 5.07. The van der Waals surface area contributed by atoms with E-state index in [1.165, 1.54) is 5.56 Å².